The SMILES string of the molecule is C=CCON=CC1=C(O)[C@@H](C(=O)OC)C(C)(C)CC1=O. The summed E-state index contributed by atoms with van der Waals surface area (Å²) >= 11 is 0. The molecule has 0 saturated heterocycles. The molecule has 0 spiro atoms. The molecule has 0 amide bonds. The number of ether oxygens (including phenoxy) is 1. The fourth-order valence-corrected chi connectivity index (χ4v) is 2.15. The van der Waals surface area contributed by atoms with E-state index in [9.17, 15) is 14.7 Å². The van der Waals surface area contributed by atoms with Crippen molar-refractivity contribution in [1.29, 1.82) is 0 Å². The molecule has 6 heteroatoms. The van der Waals surface area contributed by atoms with Gasteiger partial charge in [-0.05, 0) is 5.41 Å². The van der Waals surface area contributed by atoms with Gasteiger partial charge in [-0.25, -0.2) is 0 Å². The van der Waals surface area contributed by atoms with E-state index in [1.807, 2.05) is 0 Å². The lowest BCUT2D eigenvalue weighted by Gasteiger charge is -2.35. The number of ketones is 1. The summed E-state index contributed by atoms with van der Waals surface area (Å²) in [5.41, 5.74) is -0.739. The molecule has 0 radical (unpaired) electrons. The van der Waals surface area contributed by atoms with E-state index in [2.05, 4.69) is 16.5 Å². The summed E-state index contributed by atoms with van der Waals surface area (Å²) in [4.78, 5) is 28.6. The van der Waals surface area contributed by atoms with Crippen LogP contribution in [-0.4, -0.2) is 36.8 Å². The third kappa shape index (κ3) is 3.26. The predicted octanol–water partition coefficient (Wildman–Crippen LogP) is 1.78. The lowest BCUT2D eigenvalue weighted by molar-refractivity contribution is -0.150. The molecule has 1 atom stereocenters. The van der Waals surface area contributed by atoms with Crippen molar-refractivity contribution >= 4 is 18.0 Å². The molecule has 0 aliphatic heterocycles. The van der Waals surface area contributed by atoms with Gasteiger partial charge in [0, 0.05) is 6.42 Å². The van der Waals surface area contributed by atoms with Crippen molar-refractivity contribution in [2.75, 3.05) is 13.7 Å². The molecule has 0 saturated carbocycles. The number of hydrogen-bond donors (Lipinski definition) is 1. The Balaban J connectivity index is 3.12. The van der Waals surface area contributed by atoms with Gasteiger partial charge in [-0.15, -0.1) is 0 Å². The van der Waals surface area contributed by atoms with E-state index >= 15 is 0 Å². The molecule has 0 bridgehead atoms. The van der Waals surface area contributed by atoms with Crippen LogP contribution in [0.4, 0.5) is 0 Å². The normalized spacial score (nSPS) is 21.9. The summed E-state index contributed by atoms with van der Waals surface area (Å²) in [5.74, 6) is -2.10. The zero-order chi connectivity index (χ0) is 15.3. The molecular formula is C14H19NO5. The largest absolute Gasteiger partial charge is 0.511 e. The molecule has 1 aliphatic carbocycles. The molecule has 6 nitrogen and oxygen atoms in total. The van der Waals surface area contributed by atoms with Crippen molar-refractivity contribution in [2.24, 2.45) is 16.5 Å². The molecule has 0 heterocycles. The van der Waals surface area contributed by atoms with Gasteiger partial charge in [0.25, 0.3) is 0 Å². The fourth-order valence-electron chi connectivity index (χ4n) is 2.15. The first-order valence-electron chi connectivity index (χ1n) is 6.15. The van der Waals surface area contributed by atoms with Crippen LogP contribution in [0.5, 0.6) is 0 Å². The second kappa shape index (κ2) is 6.36. The maximum Gasteiger partial charge on any atom is 0.316 e. The monoisotopic (exact) mass is 281 g/mol. The number of hydrogen-bond acceptors (Lipinski definition) is 6. The lowest BCUT2D eigenvalue weighted by atomic mass is 9.68. The number of carbonyl (C=O) groups excluding carboxylic acids is 2. The van der Waals surface area contributed by atoms with E-state index in [4.69, 9.17) is 4.84 Å². The summed E-state index contributed by atoms with van der Waals surface area (Å²) in [6, 6.07) is 0. The summed E-state index contributed by atoms with van der Waals surface area (Å²) in [7, 11) is 1.24. The number of methoxy groups -OCH3 is 1. The number of aliphatic hydroxyl groups is 1. The van der Waals surface area contributed by atoms with Gasteiger partial charge in [-0.3, -0.25) is 9.59 Å². The Kier molecular flexibility index (Phi) is 5.07. The third-order valence-electron chi connectivity index (χ3n) is 3.13. The van der Waals surface area contributed by atoms with Crippen LogP contribution in [0, 0.1) is 11.3 Å². The average molecular weight is 281 g/mol. The number of rotatable bonds is 5. The van der Waals surface area contributed by atoms with Gasteiger partial charge >= 0.3 is 5.97 Å². The van der Waals surface area contributed by atoms with Gasteiger partial charge in [-0.1, -0.05) is 31.7 Å². The highest BCUT2D eigenvalue weighted by Gasteiger charge is 2.46. The number of nitrogens with zero attached hydrogens (tertiary/aromatic N) is 1. The number of esters is 1. The van der Waals surface area contributed by atoms with E-state index < -0.39 is 17.3 Å². The van der Waals surface area contributed by atoms with Gasteiger partial charge in [0.2, 0.25) is 0 Å². The molecule has 1 N–H and O–H groups in total. The first-order chi connectivity index (χ1) is 9.35. The smallest absolute Gasteiger partial charge is 0.316 e. The summed E-state index contributed by atoms with van der Waals surface area (Å²) in [6.45, 7) is 7.09. The zero-order valence-electron chi connectivity index (χ0n) is 11.9. The summed E-state index contributed by atoms with van der Waals surface area (Å²) in [6.07, 6.45) is 2.72. The highest BCUT2D eigenvalue weighted by molar-refractivity contribution is 6.15. The molecule has 0 unspecified atom stereocenters. The summed E-state index contributed by atoms with van der Waals surface area (Å²) in [5, 5.41) is 13.7. The Morgan fingerprint density at radius 2 is 2.25 bits per heavy atom. The van der Waals surface area contributed by atoms with Gasteiger partial charge in [0.1, 0.15) is 18.3 Å². The van der Waals surface area contributed by atoms with E-state index in [-0.39, 0.29) is 30.1 Å². The van der Waals surface area contributed by atoms with Crippen molar-refractivity contribution in [3.8, 4) is 0 Å². The molecule has 0 aromatic rings. The maximum atomic E-state index is 12.0. The van der Waals surface area contributed by atoms with E-state index in [1.54, 1.807) is 13.8 Å². The Morgan fingerprint density at radius 3 is 2.80 bits per heavy atom. The zero-order valence-corrected chi connectivity index (χ0v) is 11.9. The van der Waals surface area contributed by atoms with Crippen molar-refractivity contribution in [3.63, 3.8) is 0 Å². The van der Waals surface area contributed by atoms with Crippen LogP contribution < -0.4 is 0 Å². The Labute approximate surface area is 117 Å². The van der Waals surface area contributed by atoms with Crippen LogP contribution in [-0.2, 0) is 19.2 Å². The quantitative estimate of drug-likeness (QED) is 0.273. The molecular weight excluding hydrogens is 262 g/mol. The van der Waals surface area contributed by atoms with E-state index in [0.717, 1.165) is 6.21 Å². The fraction of sp³-hybridized carbons (Fsp3) is 0.500. The Morgan fingerprint density at radius 1 is 1.60 bits per heavy atom. The van der Waals surface area contributed by atoms with E-state index in [0.29, 0.717) is 0 Å². The highest BCUT2D eigenvalue weighted by Crippen LogP contribution is 2.41. The minimum absolute atomic E-state index is 0.0243. The number of aliphatic hydroxyl groups excluding tert-OH is 1. The van der Waals surface area contributed by atoms with Gasteiger partial charge in [-0.2, -0.15) is 0 Å². The van der Waals surface area contributed by atoms with Crippen LogP contribution in [0.25, 0.3) is 0 Å². The van der Waals surface area contributed by atoms with Crippen LogP contribution >= 0.6 is 0 Å². The maximum absolute atomic E-state index is 12.0. The predicted molar refractivity (Wildman–Crippen MR) is 73.2 cm³/mol. The van der Waals surface area contributed by atoms with Crippen molar-refractivity contribution in [1.82, 2.24) is 0 Å². The number of oxime groups is 1. The second-order valence-corrected chi connectivity index (χ2v) is 5.16. The lowest BCUT2D eigenvalue weighted by Crippen LogP contribution is -2.40. The molecule has 110 valence electrons. The minimum atomic E-state index is -0.897. The van der Waals surface area contributed by atoms with Crippen molar-refractivity contribution in [3.05, 3.63) is 24.0 Å². The molecule has 0 fully saturated rings. The highest BCUT2D eigenvalue weighted by atomic mass is 16.6. The van der Waals surface area contributed by atoms with Gasteiger partial charge in [0.05, 0.1) is 18.9 Å². The minimum Gasteiger partial charge on any atom is -0.511 e. The van der Waals surface area contributed by atoms with Crippen molar-refractivity contribution in [2.45, 2.75) is 20.3 Å². The van der Waals surface area contributed by atoms with Gasteiger partial charge in [0.15, 0.2) is 5.78 Å². The second-order valence-electron chi connectivity index (χ2n) is 5.16. The number of allylic oxidation sites excluding steroid dienone is 1. The Hall–Kier alpha value is -2.11. The van der Waals surface area contributed by atoms with Gasteiger partial charge < -0.3 is 14.7 Å². The molecule has 0 aromatic carbocycles. The van der Waals surface area contributed by atoms with Crippen LogP contribution in [0.15, 0.2) is 29.1 Å². The summed E-state index contributed by atoms with van der Waals surface area (Å²) < 4.78 is 4.69. The third-order valence-corrected chi connectivity index (χ3v) is 3.13. The van der Waals surface area contributed by atoms with Crippen molar-refractivity contribution < 1.29 is 24.3 Å². The number of Topliss-reactive ketones (excluding diaryl/α,β-unsaturated/α-hetero) is 1. The molecule has 1 aliphatic rings. The first-order valence-corrected chi connectivity index (χ1v) is 6.15. The molecule has 20 heavy (non-hydrogen) atoms. The first kappa shape index (κ1) is 15.9. The average Bonchev–Trinajstić information content (AvgIpc) is 2.36. The van der Waals surface area contributed by atoms with Crippen LogP contribution in [0.3, 0.4) is 0 Å². The molecule has 0 aromatic heterocycles. The Bertz CT molecular complexity index is 476. The standard InChI is InChI=1S/C14H19NO5/c1-5-6-20-15-8-9-10(16)7-14(2,3)11(12(9)17)13(18)19-4/h5,8,11,17H,1,6-7H2,2-4H3/t11-/m0/s1. The van der Waals surface area contributed by atoms with Crippen LogP contribution in [0.2, 0.25) is 0 Å². The number of carbonyl (C=O) groups is 2. The van der Waals surface area contributed by atoms with E-state index in [1.165, 1.54) is 13.2 Å². The molecule has 1 rings (SSSR count). The van der Waals surface area contributed by atoms with Crippen LogP contribution in [0.1, 0.15) is 20.3 Å². The topological polar surface area (TPSA) is 85.2 Å².